The number of hydrogen-bond donors (Lipinski definition) is 0. The molecule has 4 nitrogen and oxygen atoms in total. The molecule has 9 aromatic rings. The largest absolute Gasteiger partial charge is 0.246 e. The van der Waals surface area contributed by atoms with E-state index < -0.39 is 0 Å². The summed E-state index contributed by atoms with van der Waals surface area (Å²) in [6.45, 7) is 0. The Bertz CT molecular complexity index is 2590. The summed E-state index contributed by atoms with van der Waals surface area (Å²) >= 11 is 0. The van der Waals surface area contributed by atoms with E-state index in [0.29, 0.717) is 0 Å². The summed E-state index contributed by atoms with van der Waals surface area (Å²) < 4.78 is 0. The number of pyridine rings is 4. The summed E-state index contributed by atoms with van der Waals surface area (Å²) in [6, 6.07) is 54.3. The van der Waals surface area contributed by atoms with E-state index in [-0.39, 0.29) is 0 Å². The van der Waals surface area contributed by atoms with Crippen molar-refractivity contribution in [1.29, 1.82) is 0 Å². The number of benzene rings is 5. The maximum absolute atomic E-state index is 5.18. The fourth-order valence-corrected chi connectivity index (χ4v) is 6.36. The number of aromatic nitrogens is 4. The zero-order chi connectivity index (χ0) is 30.5. The third-order valence-electron chi connectivity index (χ3n) is 8.64. The van der Waals surface area contributed by atoms with Crippen LogP contribution in [-0.4, -0.2) is 19.9 Å². The highest BCUT2D eigenvalue weighted by Gasteiger charge is 2.13. The van der Waals surface area contributed by atoms with E-state index in [4.69, 9.17) is 19.9 Å². The molecule has 0 unspecified atom stereocenters. The van der Waals surface area contributed by atoms with E-state index in [0.717, 1.165) is 83.3 Å². The van der Waals surface area contributed by atoms with Crippen molar-refractivity contribution in [3.05, 3.63) is 158 Å². The molecule has 9 rings (SSSR count). The van der Waals surface area contributed by atoms with E-state index in [2.05, 4.69) is 127 Å². The number of fused-ring (bicyclic) bond motifs is 6. The smallest absolute Gasteiger partial charge is 0.0972 e. The minimum Gasteiger partial charge on any atom is -0.246 e. The molecule has 0 saturated carbocycles. The molecule has 0 radical (unpaired) electrons. The van der Waals surface area contributed by atoms with Crippen molar-refractivity contribution < 1.29 is 0 Å². The van der Waals surface area contributed by atoms with Crippen LogP contribution < -0.4 is 0 Å². The van der Waals surface area contributed by atoms with Gasteiger partial charge in [0.15, 0.2) is 0 Å². The van der Waals surface area contributed by atoms with Gasteiger partial charge in [0.2, 0.25) is 0 Å². The van der Waals surface area contributed by atoms with Crippen LogP contribution in [0.5, 0.6) is 0 Å². The van der Waals surface area contributed by atoms with Crippen LogP contribution in [0.2, 0.25) is 0 Å². The van der Waals surface area contributed by atoms with Crippen LogP contribution in [0.4, 0.5) is 0 Å². The van der Waals surface area contributed by atoms with Gasteiger partial charge in [-0.2, -0.15) is 0 Å². The van der Waals surface area contributed by atoms with Crippen molar-refractivity contribution in [1.82, 2.24) is 19.9 Å². The van der Waals surface area contributed by atoms with Gasteiger partial charge in [-0.05, 0) is 41.8 Å². The van der Waals surface area contributed by atoms with E-state index in [1.165, 1.54) is 5.39 Å². The number of hydrogen-bond acceptors (Lipinski definition) is 4. The van der Waals surface area contributed by atoms with Crippen LogP contribution in [0.15, 0.2) is 158 Å². The molecule has 4 heteroatoms. The normalized spacial score (nSPS) is 11.5. The van der Waals surface area contributed by atoms with Gasteiger partial charge in [-0.1, -0.05) is 121 Å². The Balaban J connectivity index is 1.14. The van der Waals surface area contributed by atoms with Gasteiger partial charge in [0.1, 0.15) is 0 Å². The lowest BCUT2D eigenvalue weighted by Gasteiger charge is -2.11. The lowest BCUT2D eigenvalue weighted by Crippen LogP contribution is -1.94. The zero-order valence-electron chi connectivity index (χ0n) is 24.8. The highest BCUT2D eigenvalue weighted by Crippen LogP contribution is 2.34. The Morgan fingerprint density at radius 3 is 1.57 bits per heavy atom. The predicted octanol–water partition coefficient (Wildman–Crippen LogP) is 10.5. The van der Waals surface area contributed by atoms with Gasteiger partial charge >= 0.3 is 0 Å². The molecule has 0 fully saturated rings. The quantitative estimate of drug-likeness (QED) is 0.193. The second kappa shape index (κ2) is 10.7. The van der Waals surface area contributed by atoms with E-state index in [9.17, 15) is 0 Å². The van der Waals surface area contributed by atoms with E-state index in [1.54, 1.807) is 0 Å². The molecule has 46 heavy (non-hydrogen) atoms. The topological polar surface area (TPSA) is 51.6 Å². The lowest BCUT2D eigenvalue weighted by atomic mass is 10.0. The van der Waals surface area contributed by atoms with Gasteiger partial charge in [-0.25, -0.2) is 19.9 Å². The molecule has 5 aromatic carbocycles. The monoisotopic (exact) mass is 586 g/mol. The molecule has 0 amide bonds. The minimum absolute atomic E-state index is 0.848. The molecule has 4 heterocycles. The van der Waals surface area contributed by atoms with Crippen molar-refractivity contribution in [2.45, 2.75) is 0 Å². The Morgan fingerprint density at radius 1 is 0.304 bits per heavy atom. The Labute approximate surface area is 265 Å². The van der Waals surface area contributed by atoms with Crippen LogP contribution in [0, 0.1) is 0 Å². The molecule has 0 aliphatic rings. The average Bonchev–Trinajstić information content (AvgIpc) is 3.14. The summed E-state index contributed by atoms with van der Waals surface area (Å²) in [6.07, 6.45) is 0. The summed E-state index contributed by atoms with van der Waals surface area (Å²) in [5, 5.41) is 5.55. The molecular formula is C42H26N4. The van der Waals surface area contributed by atoms with Crippen LogP contribution in [-0.2, 0) is 0 Å². The maximum Gasteiger partial charge on any atom is 0.0972 e. The first-order valence-electron chi connectivity index (χ1n) is 15.4. The maximum atomic E-state index is 5.18. The Morgan fingerprint density at radius 2 is 0.826 bits per heavy atom. The summed E-state index contributed by atoms with van der Waals surface area (Å²) in [5.74, 6) is 0. The van der Waals surface area contributed by atoms with Gasteiger partial charge < -0.3 is 0 Å². The van der Waals surface area contributed by atoms with Crippen molar-refractivity contribution in [3.8, 4) is 45.2 Å². The van der Waals surface area contributed by atoms with E-state index in [1.807, 2.05) is 30.3 Å². The summed E-state index contributed by atoms with van der Waals surface area (Å²) in [5.41, 5.74) is 10.4. The number of rotatable bonds is 4. The van der Waals surface area contributed by atoms with Crippen LogP contribution >= 0.6 is 0 Å². The van der Waals surface area contributed by atoms with Crippen molar-refractivity contribution in [2.24, 2.45) is 0 Å². The molecule has 0 aliphatic carbocycles. The van der Waals surface area contributed by atoms with Crippen LogP contribution in [0.1, 0.15) is 0 Å². The minimum atomic E-state index is 0.848. The second-order valence-electron chi connectivity index (χ2n) is 11.5. The first-order valence-corrected chi connectivity index (χ1v) is 15.4. The number of nitrogens with zero attached hydrogens (tertiary/aromatic N) is 4. The van der Waals surface area contributed by atoms with Gasteiger partial charge in [-0.15, -0.1) is 0 Å². The highest BCUT2D eigenvalue weighted by molar-refractivity contribution is 6.10. The first kappa shape index (κ1) is 26.2. The average molecular weight is 587 g/mol. The van der Waals surface area contributed by atoms with Gasteiger partial charge in [0.05, 0.1) is 45.0 Å². The Kier molecular flexibility index (Phi) is 6.10. The Hall–Kier alpha value is -6.26. The van der Waals surface area contributed by atoms with Crippen molar-refractivity contribution >= 4 is 43.5 Å². The zero-order valence-corrected chi connectivity index (χ0v) is 24.8. The summed E-state index contributed by atoms with van der Waals surface area (Å²) in [7, 11) is 0. The van der Waals surface area contributed by atoms with Crippen LogP contribution in [0.3, 0.4) is 0 Å². The molecule has 0 bridgehead atoms. The molecule has 0 aliphatic heterocycles. The van der Waals surface area contributed by atoms with Crippen molar-refractivity contribution in [2.75, 3.05) is 0 Å². The van der Waals surface area contributed by atoms with Gasteiger partial charge in [-0.3, -0.25) is 0 Å². The highest BCUT2D eigenvalue weighted by atomic mass is 14.8. The molecule has 0 atom stereocenters. The SMILES string of the molecule is c1ccc(-c2ccc3ccc4ccc(-c5cccc(-c6cccc(-c7nc8ccccc8c8ccccc78)n6)c5)nc4c3n2)cc1. The van der Waals surface area contributed by atoms with Gasteiger partial charge in [0, 0.05) is 38.2 Å². The third-order valence-corrected chi connectivity index (χ3v) is 8.64. The standard InChI is InChI=1S/C42H26N4/c1-2-10-27(11-3-1)36-24-22-28-20-21-29-23-25-37(45-41(29)40(28)44-36)31-13-8-12-30(26-31)35-18-9-19-39(43-35)42-34-16-5-4-14-32(34)33-15-6-7-17-38(33)46-42/h1-26H. The van der Waals surface area contributed by atoms with E-state index >= 15 is 0 Å². The number of para-hydroxylation sites is 1. The summed E-state index contributed by atoms with van der Waals surface area (Å²) in [4.78, 5) is 20.5. The molecule has 0 saturated heterocycles. The van der Waals surface area contributed by atoms with Gasteiger partial charge in [0.25, 0.3) is 0 Å². The molecule has 0 spiro atoms. The molecular weight excluding hydrogens is 560 g/mol. The fraction of sp³-hybridized carbons (Fsp3) is 0. The second-order valence-corrected chi connectivity index (χ2v) is 11.5. The molecule has 4 aromatic heterocycles. The lowest BCUT2D eigenvalue weighted by molar-refractivity contribution is 1.29. The molecule has 0 N–H and O–H groups in total. The van der Waals surface area contributed by atoms with Crippen molar-refractivity contribution in [3.63, 3.8) is 0 Å². The third kappa shape index (κ3) is 4.47. The predicted molar refractivity (Wildman–Crippen MR) is 189 cm³/mol. The first-order chi connectivity index (χ1) is 22.8. The van der Waals surface area contributed by atoms with Crippen LogP contribution in [0.25, 0.3) is 88.6 Å². The fourth-order valence-electron chi connectivity index (χ4n) is 6.36. The molecule has 214 valence electrons.